The highest BCUT2D eigenvalue weighted by Crippen LogP contribution is 2.52. The fraction of sp³-hybridized carbons (Fsp3) is 1.00. The fourth-order valence-corrected chi connectivity index (χ4v) is 3.94. The van der Waals surface area contributed by atoms with E-state index in [4.69, 9.17) is 10.5 Å². The van der Waals surface area contributed by atoms with Crippen molar-refractivity contribution in [2.24, 2.45) is 17.6 Å². The van der Waals surface area contributed by atoms with Gasteiger partial charge in [0.2, 0.25) is 0 Å². The van der Waals surface area contributed by atoms with E-state index < -0.39 is 0 Å². The van der Waals surface area contributed by atoms with Gasteiger partial charge in [-0.3, -0.25) is 4.90 Å². The van der Waals surface area contributed by atoms with Crippen LogP contribution in [0.2, 0.25) is 0 Å². The van der Waals surface area contributed by atoms with Crippen LogP contribution in [0.4, 0.5) is 0 Å². The Morgan fingerprint density at radius 2 is 2.18 bits per heavy atom. The van der Waals surface area contributed by atoms with Crippen LogP contribution in [0.1, 0.15) is 39.5 Å². The molecule has 0 spiro atoms. The van der Waals surface area contributed by atoms with E-state index in [1.54, 1.807) is 0 Å². The predicted octanol–water partition coefficient (Wildman–Crippen LogP) is 1.86. The zero-order valence-electron chi connectivity index (χ0n) is 11.6. The number of fused-ring (bicyclic) bond motifs is 2. The van der Waals surface area contributed by atoms with E-state index in [0.29, 0.717) is 6.10 Å². The van der Waals surface area contributed by atoms with Crippen molar-refractivity contribution in [2.75, 3.05) is 26.7 Å². The molecule has 0 radical (unpaired) electrons. The molecule has 100 valence electrons. The molecule has 0 aromatic carbocycles. The molecule has 0 saturated heterocycles. The van der Waals surface area contributed by atoms with Gasteiger partial charge in [0.1, 0.15) is 0 Å². The first kappa shape index (κ1) is 13.3. The average Bonchev–Trinajstić information content (AvgIpc) is 2.88. The average molecular weight is 240 g/mol. The van der Waals surface area contributed by atoms with Gasteiger partial charge in [-0.15, -0.1) is 0 Å². The highest BCUT2D eigenvalue weighted by atomic mass is 16.5. The van der Waals surface area contributed by atoms with Crippen LogP contribution in [-0.2, 0) is 4.74 Å². The summed E-state index contributed by atoms with van der Waals surface area (Å²) in [7, 11) is 2.23. The van der Waals surface area contributed by atoms with E-state index in [1.165, 1.54) is 25.7 Å². The largest absolute Gasteiger partial charge is 0.377 e. The molecule has 2 aliphatic rings. The molecule has 2 saturated carbocycles. The summed E-state index contributed by atoms with van der Waals surface area (Å²) in [5.74, 6) is 1.78. The molecule has 3 heteroatoms. The summed E-state index contributed by atoms with van der Waals surface area (Å²) in [5, 5.41) is 0. The summed E-state index contributed by atoms with van der Waals surface area (Å²) in [6.45, 7) is 6.84. The van der Waals surface area contributed by atoms with Crippen LogP contribution in [0, 0.1) is 11.8 Å². The number of nitrogens with zero attached hydrogens (tertiary/aromatic N) is 1. The summed E-state index contributed by atoms with van der Waals surface area (Å²) in [5.41, 5.74) is 6.39. The van der Waals surface area contributed by atoms with E-state index in [0.717, 1.165) is 31.5 Å². The molecule has 0 aromatic rings. The molecule has 0 heterocycles. The van der Waals surface area contributed by atoms with Gasteiger partial charge in [0.15, 0.2) is 0 Å². The molecule has 3 unspecified atom stereocenters. The fourth-order valence-electron chi connectivity index (χ4n) is 3.94. The first-order valence-corrected chi connectivity index (χ1v) is 7.11. The lowest BCUT2D eigenvalue weighted by atomic mass is 9.79. The molecule has 2 bridgehead atoms. The number of rotatable bonds is 6. The summed E-state index contributed by atoms with van der Waals surface area (Å²) in [6.07, 6.45) is 5.87. The lowest BCUT2D eigenvalue weighted by molar-refractivity contribution is 0.0141. The van der Waals surface area contributed by atoms with Crippen LogP contribution in [-0.4, -0.2) is 43.3 Å². The monoisotopic (exact) mass is 240 g/mol. The Balaban J connectivity index is 1.89. The molecule has 0 amide bonds. The quantitative estimate of drug-likeness (QED) is 0.770. The van der Waals surface area contributed by atoms with Crippen LogP contribution >= 0.6 is 0 Å². The zero-order chi connectivity index (χ0) is 12.5. The molecular formula is C14H28N2O. The molecule has 2 N–H and O–H groups in total. The second-order valence-electron chi connectivity index (χ2n) is 6.23. The Morgan fingerprint density at radius 1 is 1.41 bits per heavy atom. The minimum atomic E-state index is 0.281. The molecule has 2 fully saturated rings. The number of ether oxygens (including phenoxy) is 1. The second kappa shape index (κ2) is 5.25. The predicted molar refractivity (Wildman–Crippen MR) is 71.0 cm³/mol. The molecule has 2 rings (SSSR count). The molecule has 3 atom stereocenters. The van der Waals surface area contributed by atoms with Gasteiger partial charge >= 0.3 is 0 Å². The van der Waals surface area contributed by atoms with Gasteiger partial charge in [0.05, 0.1) is 12.7 Å². The topological polar surface area (TPSA) is 38.5 Å². The molecular weight excluding hydrogens is 212 g/mol. The molecule has 17 heavy (non-hydrogen) atoms. The molecule has 0 aromatic heterocycles. The third-order valence-corrected chi connectivity index (χ3v) is 4.93. The maximum absolute atomic E-state index is 6.11. The van der Waals surface area contributed by atoms with E-state index in [2.05, 4.69) is 25.8 Å². The minimum absolute atomic E-state index is 0.281. The van der Waals surface area contributed by atoms with Crippen LogP contribution in [0.25, 0.3) is 0 Å². The Morgan fingerprint density at radius 3 is 2.65 bits per heavy atom. The summed E-state index contributed by atoms with van der Waals surface area (Å²) in [4.78, 5) is 2.49. The number of hydrogen-bond acceptors (Lipinski definition) is 3. The van der Waals surface area contributed by atoms with Crippen LogP contribution in [0.15, 0.2) is 0 Å². The van der Waals surface area contributed by atoms with Crippen LogP contribution in [0.5, 0.6) is 0 Å². The first-order valence-electron chi connectivity index (χ1n) is 7.11. The number of likely N-dealkylation sites (N-methyl/N-ethyl adjacent to an activating group) is 1. The second-order valence-corrected chi connectivity index (χ2v) is 6.23. The third-order valence-electron chi connectivity index (χ3n) is 4.93. The molecule has 3 nitrogen and oxygen atoms in total. The van der Waals surface area contributed by atoms with Gasteiger partial charge in [-0.25, -0.2) is 0 Å². The smallest absolute Gasteiger partial charge is 0.0597 e. The van der Waals surface area contributed by atoms with Gasteiger partial charge in [-0.05, 0) is 52.0 Å². The van der Waals surface area contributed by atoms with E-state index >= 15 is 0 Å². The van der Waals surface area contributed by atoms with E-state index in [9.17, 15) is 0 Å². The SMILES string of the molecule is CC(C)OCCN(C)C1(CN)CC2CCC1C2. The number of nitrogens with two attached hydrogens (primary N) is 1. The third kappa shape index (κ3) is 2.51. The van der Waals surface area contributed by atoms with Gasteiger partial charge in [0, 0.05) is 18.6 Å². The van der Waals surface area contributed by atoms with Crippen molar-refractivity contribution < 1.29 is 4.74 Å². The van der Waals surface area contributed by atoms with Crippen LogP contribution in [0.3, 0.4) is 0 Å². The van der Waals surface area contributed by atoms with E-state index in [-0.39, 0.29) is 5.54 Å². The van der Waals surface area contributed by atoms with Crippen molar-refractivity contribution in [1.82, 2.24) is 4.90 Å². The van der Waals surface area contributed by atoms with Crippen molar-refractivity contribution in [3.8, 4) is 0 Å². The maximum atomic E-state index is 6.11. The van der Waals surface area contributed by atoms with Crippen molar-refractivity contribution in [3.05, 3.63) is 0 Å². The van der Waals surface area contributed by atoms with Crippen LogP contribution < -0.4 is 5.73 Å². The van der Waals surface area contributed by atoms with Gasteiger partial charge in [0.25, 0.3) is 0 Å². The summed E-state index contributed by atoms with van der Waals surface area (Å²) < 4.78 is 5.66. The lowest BCUT2D eigenvalue weighted by Gasteiger charge is -2.44. The minimum Gasteiger partial charge on any atom is -0.377 e. The van der Waals surface area contributed by atoms with Crippen molar-refractivity contribution in [3.63, 3.8) is 0 Å². The Labute approximate surface area is 106 Å². The normalized spacial score (nSPS) is 36.4. The highest BCUT2D eigenvalue weighted by molar-refractivity contribution is 5.07. The Hall–Kier alpha value is -0.120. The van der Waals surface area contributed by atoms with Gasteiger partial charge < -0.3 is 10.5 Å². The molecule has 2 aliphatic carbocycles. The van der Waals surface area contributed by atoms with Crippen molar-refractivity contribution in [2.45, 2.75) is 51.2 Å². The van der Waals surface area contributed by atoms with E-state index in [1.807, 2.05) is 0 Å². The first-order chi connectivity index (χ1) is 8.08. The molecule has 0 aliphatic heterocycles. The van der Waals surface area contributed by atoms with Gasteiger partial charge in [-0.1, -0.05) is 6.42 Å². The Bertz CT molecular complexity index is 257. The maximum Gasteiger partial charge on any atom is 0.0597 e. The van der Waals surface area contributed by atoms with Crippen molar-refractivity contribution in [1.29, 1.82) is 0 Å². The summed E-state index contributed by atoms with van der Waals surface area (Å²) >= 11 is 0. The summed E-state index contributed by atoms with van der Waals surface area (Å²) in [6, 6.07) is 0. The lowest BCUT2D eigenvalue weighted by Crippen LogP contribution is -2.56. The number of hydrogen-bond donors (Lipinski definition) is 1. The standard InChI is InChI=1S/C14H28N2O/c1-11(2)17-7-6-16(3)14(10-15)9-12-4-5-13(14)8-12/h11-13H,4-10,15H2,1-3H3. The van der Waals surface area contributed by atoms with Crippen molar-refractivity contribution >= 4 is 0 Å². The highest BCUT2D eigenvalue weighted by Gasteiger charge is 2.52. The zero-order valence-corrected chi connectivity index (χ0v) is 11.6. The Kier molecular flexibility index (Phi) is 4.11. The van der Waals surface area contributed by atoms with Gasteiger partial charge in [-0.2, -0.15) is 0 Å².